The zero-order valence-corrected chi connectivity index (χ0v) is 18.6. The number of nitrogens with one attached hydrogen (secondary N) is 1. The van der Waals surface area contributed by atoms with Crippen LogP contribution in [-0.2, 0) is 26.9 Å². The fraction of sp³-hybridized carbons (Fsp3) is 0.160. The minimum atomic E-state index is -3.76. The molecule has 0 radical (unpaired) electrons. The van der Waals surface area contributed by atoms with Gasteiger partial charge in [0.2, 0.25) is 5.91 Å². The summed E-state index contributed by atoms with van der Waals surface area (Å²) in [5, 5.41) is 3.42. The van der Waals surface area contributed by atoms with Crippen molar-refractivity contribution >= 4 is 32.3 Å². The SMILES string of the molecule is Cc1ccc(NC(=O)Cn2cc(S(=O)(=O)Cc3cccc(F)c3)c3ccccc32)c(C)c1. The molecule has 0 bridgehead atoms. The van der Waals surface area contributed by atoms with Crippen LogP contribution in [0, 0.1) is 19.7 Å². The summed E-state index contributed by atoms with van der Waals surface area (Å²) in [6.45, 7) is 3.87. The zero-order chi connectivity index (χ0) is 22.9. The van der Waals surface area contributed by atoms with Crippen LogP contribution in [-0.4, -0.2) is 18.9 Å². The third-order valence-corrected chi connectivity index (χ3v) is 7.01. The monoisotopic (exact) mass is 450 g/mol. The molecule has 0 saturated heterocycles. The van der Waals surface area contributed by atoms with Crippen molar-refractivity contribution in [2.75, 3.05) is 5.32 Å². The number of hydrogen-bond donors (Lipinski definition) is 1. The number of sulfone groups is 1. The fourth-order valence-corrected chi connectivity index (χ4v) is 5.38. The molecular formula is C25H23FN2O3S. The van der Waals surface area contributed by atoms with E-state index in [0.29, 0.717) is 16.5 Å². The highest BCUT2D eigenvalue weighted by molar-refractivity contribution is 7.90. The maximum atomic E-state index is 13.5. The van der Waals surface area contributed by atoms with Crippen LogP contribution in [0.5, 0.6) is 0 Å². The van der Waals surface area contributed by atoms with E-state index in [2.05, 4.69) is 5.32 Å². The third-order valence-electron chi connectivity index (χ3n) is 5.30. The number of carbonyl (C=O) groups excluding carboxylic acids is 1. The summed E-state index contributed by atoms with van der Waals surface area (Å²) in [4.78, 5) is 12.8. The Bertz CT molecular complexity index is 1420. The normalized spacial score (nSPS) is 11.6. The van der Waals surface area contributed by atoms with Gasteiger partial charge in [-0.05, 0) is 49.2 Å². The lowest BCUT2D eigenvalue weighted by Crippen LogP contribution is -2.19. The fourth-order valence-electron chi connectivity index (χ4n) is 3.81. The Hall–Kier alpha value is -3.45. The van der Waals surface area contributed by atoms with Crippen molar-refractivity contribution in [1.82, 2.24) is 4.57 Å². The number of nitrogens with zero attached hydrogens (tertiary/aromatic N) is 1. The second-order valence-electron chi connectivity index (χ2n) is 7.89. The molecule has 5 nitrogen and oxygen atoms in total. The molecule has 1 amide bonds. The van der Waals surface area contributed by atoms with E-state index in [-0.39, 0.29) is 23.1 Å². The van der Waals surface area contributed by atoms with Crippen LogP contribution < -0.4 is 5.32 Å². The van der Waals surface area contributed by atoms with E-state index in [1.54, 1.807) is 34.9 Å². The van der Waals surface area contributed by atoms with Crippen LogP contribution in [0.4, 0.5) is 10.1 Å². The van der Waals surface area contributed by atoms with Gasteiger partial charge in [-0.1, -0.05) is 48.0 Å². The topological polar surface area (TPSA) is 68.2 Å². The molecule has 0 unspecified atom stereocenters. The number of carbonyl (C=O) groups is 1. The average Bonchev–Trinajstić information content (AvgIpc) is 3.09. The summed E-state index contributed by atoms with van der Waals surface area (Å²) in [7, 11) is -3.76. The second-order valence-corrected chi connectivity index (χ2v) is 9.85. The smallest absolute Gasteiger partial charge is 0.244 e. The summed E-state index contributed by atoms with van der Waals surface area (Å²) in [6, 6.07) is 18.4. The number of aryl methyl sites for hydroxylation is 2. The molecule has 0 spiro atoms. The van der Waals surface area contributed by atoms with Crippen molar-refractivity contribution in [3.05, 3.63) is 95.4 Å². The van der Waals surface area contributed by atoms with E-state index in [4.69, 9.17) is 0 Å². The molecule has 164 valence electrons. The second kappa shape index (κ2) is 8.59. The predicted octanol–water partition coefficient (Wildman–Crippen LogP) is 5.01. The molecule has 0 saturated carbocycles. The van der Waals surface area contributed by atoms with Gasteiger partial charge in [0.1, 0.15) is 12.4 Å². The Morgan fingerprint density at radius 3 is 2.53 bits per heavy atom. The third kappa shape index (κ3) is 4.57. The van der Waals surface area contributed by atoms with E-state index in [1.807, 2.05) is 32.0 Å². The molecule has 0 aliphatic heterocycles. The maximum absolute atomic E-state index is 13.5. The molecule has 4 rings (SSSR count). The molecule has 0 aliphatic rings. The molecule has 0 aliphatic carbocycles. The lowest BCUT2D eigenvalue weighted by molar-refractivity contribution is -0.116. The Morgan fingerprint density at radius 1 is 1.00 bits per heavy atom. The first kappa shape index (κ1) is 21.8. The average molecular weight is 451 g/mol. The number of amides is 1. The standard InChI is InChI=1S/C25H23FN2O3S/c1-17-10-11-22(18(2)12-17)27-25(29)15-28-14-24(21-8-3-4-9-23(21)28)32(30,31)16-19-6-5-7-20(26)13-19/h3-14H,15-16H2,1-2H3,(H,27,29). The summed E-state index contributed by atoms with van der Waals surface area (Å²) in [5.74, 6) is -1.07. The van der Waals surface area contributed by atoms with Gasteiger partial charge in [-0.2, -0.15) is 0 Å². The van der Waals surface area contributed by atoms with Gasteiger partial charge in [-0.3, -0.25) is 4.79 Å². The molecule has 0 fully saturated rings. The molecular weight excluding hydrogens is 427 g/mol. The lowest BCUT2D eigenvalue weighted by Gasteiger charge is -2.10. The zero-order valence-electron chi connectivity index (χ0n) is 17.8. The van der Waals surface area contributed by atoms with Crippen LogP contribution in [0.15, 0.2) is 77.8 Å². The highest BCUT2D eigenvalue weighted by Gasteiger charge is 2.22. The van der Waals surface area contributed by atoms with Crippen molar-refractivity contribution in [1.29, 1.82) is 0 Å². The summed E-state index contributed by atoms with van der Waals surface area (Å²) in [5.41, 5.74) is 3.78. The predicted molar refractivity (Wildman–Crippen MR) is 124 cm³/mol. The number of aromatic nitrogens is 1. The van der Waals surface area contributed by atoms with E-state index in [1.165, 1.54) is 24.4 Å². The van der Waals surface area contributed by atoms with Crippen molar-refractivity contribution in [2.45, 2.75) is 31.0 Å². The van der Waals surface area contributed by atoms with Crippen molar-refractivity contribution < 1.29 is 17.6 Å². The van der Waals surface area contributed by atoms with Gasteiger partial charge < -0.3 is 9.88 Å². The molecule has 4 aromatic rings. The molecule has 1 heterocycles. The first-order valence-electron chi connectivity index (χ1n) is 10.1. The van der Waals surface area contributed by atoms with Crippen LogP contribution in [0.25, 0.3) is 10.9 Å². The number of fused-ring (bicyclic) bond motifs is 1. The molecule has 0 atom stereocenters. The largest absolute Gasteiger partial charge is 0.337 e. The molecule has 1 N–H and O–H groups in total. The first-order valence-corrected chi connectivity index (χ1v) is 11.8. The summed E-state index contributed by atoms with van der Waals surface area (Å²) in [6.07, 6.45) is 1.49. The van der Waals surface area contributed by atoms with Gasteiger partial charge in [0.25, 0.3) is 0 Å². The Labute approximate surface area is 186 Å². The Kier molecular flexibility index (Phi) is 5.84. The Balaban J connectivity index is 1.64. The summed E-state index contributed by atoms with van der Waals surface area (Å²) < 4.78 is 41.5. The van der Waals surface area contributed by atoms with Gasteiger partial charge in [0.15, 0.2) is 9.84 Å². The van der Waals surface area contributed by atoms with E-state index >= 15 is 0 Å². The number of hydrogen-bond acceptors (Lipinski definition) is 3. The number of halogens is 1. The number of benzene rings is 3. The van der Waals surface area contributed by atoms with Crippen molar-refractivity contribution in [2.24, 2.45) is 0 Å². The van der Waals surface area contributed by atoms with E-state index < -0.39 is 15.7 Å². The molecule has 7 heteroatoms. The lowest BCUT2D eigenvalue weighted by atomic mass is 10.1. The van der Waals surface area contributed by atoms with Gasteiger partial charge >= 0.3 is 0 Å². The minimum absolute atomic E-state index is 0.0384. The maximum Gasteiger partial charge on any atom is 0.244 e. The molecule has 1 aromatic heterocycles. The molecule has 32 heavy (non-hydrogen) atoms. The van der Waals surface area contributed by atoms with E-state index in [0.717, 1.165) is 16.8 Å². The van der Waals surface area contributed by atoms with Gasteiger partial charge in [0.05, 0.1) is 10.6 Å². The van der Waals surface area contributed by atoms with Crippen molar-refractivity contribution in [3.63, 3.8) is 0 Å². The number of anilines is 1. The Morgan fingerprint density at radius 2 is 1.78 bits per heavy atom. The number of para-hydroxylation sites is 1. The van der Waals surface area contributed by atoms with Crippen LogP contribution in [0.1, 0.15) is 16.7 Å². The summed E-state index contributed by atoms with van der Waals surface area (Å²) >= 11 is 0. The van der Waals surface area contributed by atoms with Crippen LogP contribution in [0.2, 0.25) is 0 Å². The van der Waals surface area contributed by atoms with Gasteiger partial charge in [-0.15, -0.1) is 0 Å². The van der Waals surface area contributed by atoms with Gasteiger partial charge in [0, 0.05) is 22.8 Å². The van der Waals surface area contributed by atoms with Crippen LogP contribution in [0.3, 0.4) is 0 Å². The van der Waals surface area contributed by atoms with Crippen LogP contribution >= 0.6 is 0 Å². The first-order chi connectivity index (χ1) is 15.2. The van der Waals surface area contributed by atoms with E-state index in [9.17, 15) is 17.6 Å². The minimum Gasteiger partial charge on any atom is -0.337 e. The highest BCUT2D eigenvalue weighted by atomic mass is 32.2. The quantitative estimate of drug-likeness (QED) is 0.449. The van der Waals surface area contributed by atoms with Crippen molar-refractivity contribution in [3.8, 4) is 0 Å². The molecule has 3 aromatic carbocycles. The van der Waals surface area contributed by atoms with Gasteiger partial charge in [-0.25, -0.2) is 12.8 Å². The number of rotatable bonds is 6. The highest BCUT2D eigenvalue weighted by Crippen LogP contribution is 2.28.